The minimum absolute atomic E-state index is 0.00486. The van der Waals surface area contributed by atoms with Crippen LogP contribution in [0, 0.1) is 16.0 Å². The van der Waals surface area contributed by atoms with Crippen molar-refractivity contribution in [3.05, 3.63) is 58.5 Å². The van der Waals surface area contributed by atoms with E-state index in [0.717, 1.165) is 12.2 Å². The lowest BCUT2D eigenvalue weighted by Gasteiger charge is -2.17. The molecule has 1 aliphatic rings. The van der Waals surface area contributed by atoms with Crippen LogP contribution in [-0.4, -0.2) is 17.9 Å². The van der Waals surface area contributed by atoms with Gasteiger partial charge in [-0.3, -0.25) is 14.9 Å². The van der Waals surface area contributed by atoms with Crippen molar-refractivity contribution in [2.45, 2.75) is 12.3 Å². The first-order valence-electron chi connectivity index (χ1n) is 6.63. The van der Waals surface area contributed by atoms with Gasteiger partial charge in [0.1, 0.15) is 5.76 Å². The number of benzene rings is 1. The number of anilines is 1. The van der Waals surface area contributed by atoms with Crippen LogP contribution >= 0.6 is 0 Å². The smallest absolute Gasteiger partial charge is 0.269 e. The van der Waals surface area contributed by atoms with Crippen molar-refractivity contribution in [1.29, 1.82) is 0 Å². The first-order valence-corrected chi connectivity index (χ1v) is 6.63. The van der Waals surface area contributed by atoms with E-state index in [4.69, 9.17) is 4.42 Å². The van der Waals surface area contributed by atoms with Gasteiger partial charge in [0.25, 0.3) is 5.69 Å². The molecule has 0 radical (unpaired) electrons. The zero-order valence-corrected chi connectivity index (χ0v) is 11.4. The molecule has 0 spiro atoms. The molecule has 2 aromatic rings. The maximum absolute atomic E-state index is 12.4. The first kappa shape index (κ1) is 13.4. The predicted octanol–water partition coefficient (Wildman–Crippen LogP) is 2.95. The Hall–Kier alpha value is -2.63. The van der Waals surface area contributed by atoms with Crippen molar-refractivity contribution in [3.63, 3.8) is 0 Å². The number of amides is 1. The lowest BCUT2D eigenvalue weighted by Crippen LogP contribution is -2.28. The van der Waals surface area contributed by atoms with Gasteiger partial charge in [0.2, 0.25) is 5.91 Å². The Morgan fingerprint density at radius 2 is 2.05 bits per heavy atom. The minimum atomic E-state index is -0.459. The number of nitrogens with zero attached hydrogens (tertiary/aromatic N) is 2. The normalized spacial score (nSPS) is 20.0. The summed E-state index contributed by atoms with van der Waals surface area (Å²) in [5.41, 5.74) is 0.662. The molecule has 0 unspecified atom stereocenters. The molecule has 21 heavy (non-hydrogen) atoms. The van der Waals surface area contributed by atoms with E-state index < -0.39 is 4.92 Å². The van der Waals surface area contributed by atoms with Gasteiger partial charge in [0.15, 0.2) is 0 Å². The van der Waals surface area contributed by atoms with E-state index in [1.165, 1.54) is 17.0 Å². The fraction of sp³-hybridized carbons (Fsp3) is 0.267. The average molecular weight is 286 g/mol. The molecular formula is C15H14N2O4. The molecule has 2 atom stereocenters. The standard InChI is InChI=1S/C15H14N2O4/c1-16(10-4-6-11(7-5-10)17(19)20)15(18)13-9-12(13)14-3-2-8-21-14/h2-8,12-13H,9H2,1H3/t12-,13-/m0/s1. The number of carbonyl (C=O) groups excluding carboxylic acids is 1. The van der Waals surface area contributed by atoms with Crippen LogP contribution in [0.2, 0.25) is 0 Å². The van der Waals surface area contributed by atoms with Crippen molar-refractivity contribution in [3.8, 4) is 0 Å². The molecule has 1 aliphatic carbocycles. The molecule has 1 aromatic carbocycles. The van der Waals surface area contributed by atoms with Crippen LogP contribution in [0.1, 0.15) is 18.1 Å². The van der Waals surface area contributed by atoms with Gasteiger partial charge in [-0.15, -0.1) is 0 Å². The molecule has 1 saturated carbocycles. The summed E-state index contributed by atoms with van der Waals surface area (Å²) in [4.78, 5) is 24.1. The highest BCUT2D eigenvalue weighted by atomic mass is 16.6. The molecule has 1 fully saturated rings. The second-order valence-electron chi connectivity index (χ2n) is 5.13. The molecule has 0 saturated heterocycles. The molecule has 1 amide bonds. The molecule has 0 bridgehead atoms. The fourth-order valence-corrected chi connectivity index (χ4v) is 2.46. The SMILES string of the molecule is CN(C(=O)[C@H]1C[C@@H]1c1ccco1)c1ccc([N+](=O)[O-])cc1. The summed E-state index contributed by atoms with van der Waals surface area (Å²) in [5.74, 6) is 0.917. The Morgan fingerprint density at radius 3 is 2.62 bits per heavy atom. The maximum Gasteiger partial charge on any atom is 0.269 e. The summed E-state index contributed by atoms with van der Waals surface area (Å²) in [5, 5.41) is 10.6. The third-order valence-corrected chi connectivity index (χ3v) is 3.79. The van der Waals surface area contributed by atoms with Crippen molar-refractivity contribution in [1.82, 2.24) is 0 Å². The first-order chi connectivity index (χ1) is 10.1. The van der Waals surface area contributed by atoms with Crippen LogP contribution in [0.25, 0.3) is 0 Å². The Labute approximate surface area is 121 Å². The van der Waals surface area contributed by atoms with Crippen LogP contribution < -0.4 is 4.90 Å². The largest absolute Gasteiger partial charge is 0.469 e. The Bertz CT molecular complexity index is 663. The highest BCUT2D eigenvalue weighted by Gasteiger charge is 2.47. The zero-order valence-electron chi connectivity index (χ0n) is 11.4. The number of carbonyl (C=O) groups is 1. The van der Waals surface area contributed by atoms with Crippen LogP contribution in [0.4, 0.5) is 11.4 Å². The molecule has 108 valence electrons. The number of hydrogen-bond donors (Lipinski definition) is 0. The van der Waals surface area contributed by atoms with Gasteiger partial charge in [-0.05, 0) is 30.7 Å². The predicted molar refractivity (Wildman–Crippen MR) is 76.1 cm³/mol. The lowest BCUT2D eigenvalue weighted by atomic mass is 10.2. The van der Waals surface area contributed by atoms with Gasteiger partial charge >= 0.3 is 0 Å². The second-order valence-corrected chi connectivity index (χ2v) is 5.13. The molecule has 0 aliphatic heterocycles. The molecule has 1 aromatic heterocycles. The monoisotopic (exact) mass is 286 g/mol. The summed E-state index contributed by atoms with van der Waals surface area (Å²) in [6, 6.07) is 9.66. The van der Waals surface area contributed by atoms with Gasteiger partial charge in [-0.1, -0.05) is 0 Å². The third kappa shape index (κ3) is 2.52. The molecule has 0 N–H and O–H groups in total. The third-order valence-electron chi connectivity index (χ3n) is 3.79. The molecular weight excluding hydrogens is 272 g/mol. The zero-order chi connectivity index (χ0) is 15.0. The van der Waals surface area contributed by atoms with E-state index in [2.05, 4.69) is 0 Å². The summed E-state index contributed by atoms with van der Waals surface area (Å²) in [6.45, 7) is 0. The summed E-state index contributed by atoms with van der Waals surface area (Å²) >= 11 is 0. The van der Waals surface area contributed by atoms with Crippen molar-refractivity contribution in [2.24, 2.45) is 5.92 Å². The highest BCUT2D eigenvalue weighted by molar-refractivity contribution is 5.97. The number of nitro benzene ring substituents is 1. The maximum atomic E-state index is 12.4. The number of furan rings is 1. The highest BCUT2D eigenvalue weighted by Crippen LogP contribution is 2.48. The lowest BCUT2D eigenvalue weighted by molar-refractivity contribution is -0.384. The van der Waals surface area contributed by atoms with Gasteiger partial charge in [0.05, 0.1) is 11.2 Å². The number of rotatable bonds is 4. The Balaban J connectivity index is 1.69. The molecule has 3 rings (SSSR count). The summed E-state index contributed by atoms with van der Waals surface area (Å²) < 4.78 is 5.32. The van der Waals surface area contributed by atoms with E-state index in [0.29, 0.717) is 5.69 Å². The topological polar surface area (TPSA) is 76.6 Å². The van der Waals surface area contributed by atoms with E-state index in [1.54, 1.807) is 25.4 Å². The minimum Gasteiger partial charge on any atom is -0.469 e. The van der Waals surface area contributed by atoms with Crippen molar-refractivity contribution >= 4 is 17.3 Å². The number of nitro groups is 1. The Morgan fingerprint density at radius 1 is 1.33 bits per heavy atom. The van der Waals surface area contributed by atoms with Gasteiger partial charge in [-0.2, -0.15) is 0 Å². The van der Waals surface area contributed by atoms with E-state index in [9.17, 15) is 14.9 Å². The van der Waals surface area contributed by atoms with E-state index in [-0.39, 0.29) is 23.4 Å². The molecule has 1 heterocycles. The van der Waals surface area contributed by atoms with E-state index >= 15 is 0 Å². The average Bonchev–Trinajstić information content (AvgIpc) is 3.11. The second kappa shape index (κ2) is 5.05. The quantitative estimate of drug-likeness (QED) is 0.639. The molecule has 6 nitrogen and oxygen atoms in total. The van der Waals surface area contributed by atoms with E-state index in [1.807, 2.05) is 12.1 Å². The van der Waals surface area contributed by atoms with Gasteiger partial charge < -0.3 is 9.32 Å². The van der Waals surface area contributed by atoms with Crippen LogP contribution in [-0.2, 0) is 4.79 Å². The van der Waals surface area contributed by atoms with Crippen molar-refractivity contribution in [2.75, 3.05) is 11.9 Å². The summed E-state index contributed by atoms with van der Waals surface area (Å²) in [7, 11) is 1.68. The number of hydrogen-bond acceptors (Lipinski definition) is 4. The fourth-order valence-electron chi connectivity index (χ4n) is 2.46. The summed E-state index contributed by atoms with van der Waals surface area (Å²) in [6.07, 6.45) is 2.39. The number of non-ortho nitro benzene ring substituents is 1. The van der Waals surface area contributed by atoms with Crippen LogP contribution in [0.3, 0.4) is 0 Å². The van der Waals surface area contributed by atoms with Crippen molar-refractivity contribution < 1.29 is 14.1 Å². The van der Waals surface area contributed by atoms with Gasteiger partial charge in [-0.25, -0.2) is 0 Å². The van der Waals surface area contributed by atoms with Crippen LogP contribution in [0.5, 0.6) is 0 Å². The van der Waals surface area contributed by atoms with Gasteiger partial charge in [0, 0.05) is 36.7 Å². The Kier molecular flexibility index (Phi) is 3.21. The molecule has 6 heteroatoms. The van der Waals surface area contributed by atoms with Crippen LogP contribution in [0.15, 0.2) is 47.1 Å².